The van der Waals surface area contributed by atoms with Crippen molar-refractivity contribution in [3.8, 4) is 0 Å². The number of pyridine rings is 1. The van der Waals surface area contributed by atoms with E-state index in [-0.39, 0.29) is 35.3 Å². The predicted octanol–water partition coefficient (Wildman–Crippen LogP) is 1.48. The zero-order valence-corrected chi connectivity index (χ0v) is 12.1. The van der Waals surface area contributed by atoms with Crippen LogP contribution in [0.4, 0.5) is 8.78 Å². The van der Waals surface area contributed by atoms with Crippen molar-refractivity contribution in [2.45, 2.75) is 37.6 Å². The molecule has 7 heteroatoms. The number of alkyl halides is 2. The first-order valence-electron chi connectivity index (χ1n) is 7.58. The van der Waals surface area contributed by atoms with Crippen molar-refractivity contribution < 1.29 is 13.6 Å². The molecule has 1 saturated heterocycles. The summed E-state index contributed by atoms with van der Waals surface area (Å²) >= 11 is 0. The fourth-order valence-corrected chi connectivity index (χ4v) is 3.69. The molecule has 1 aliphatic heterocycles. The third kappa shape index (κ3) is 2.83. The average molecular weight is 310 g/mol. The van der Waals surface area contributed by atoms with Crippen LogP contribution in [0.3, 0.4) is 0 Å². The van der Waals surface area contributed by atoms with Crippen LogP contribution in [-0.2, 0) is 4.79 Å². The van der Waals surface area contributed by atoms with Crippen LogP contribution in [0.25, 0.3) is 0 Å². The second-order valence-electron chi connectivity index (χ2n) is 6.11. The van der Waals surface area contributed by atoms with E-state index in [4.69, 9.17) is 5.73 Å². The summed E-state index contributed by atoms with van der Waals surface area (Å²) in [7, 11) is 0. The van der Waals surface area contributed by atoms with Crippen LogP contribution in [0, 0.1) is 11.8 Å². The number of nitrogens with one attached hydrogen (secondary N) is 2. The molecule has 4 unspecified atom stereocenters. The van der Waals surface area contributed by atoms with Crippen molar-refractivity contribution in [2.24, 2.45) is 17.6 Å². The number of rotatable bonds is 3. The lowest BCUT2D eigenvalue weighted by Crippen LogP contribution is -2.62. The first kappa shape index (κ1) is 15.3. The molecule has 1 aromatic heterocycles. The van der Waals surface area contributed by atoms with E-state index in [9.17, 15) is 13.6 Å². The van der Waals surface area contributed by atoms with E-state index >= 15 is 0 Å². The Morgan fingerprint density at radius 3 is 2.91 bits per heavy atom. The molecule has 120 valence electrons. The molecule has 1 saturated carbocycles. The van der Waals surface area contributed by atoms with Crippen molar-refractivity contribution in [2.75, 3.05) is 6.54 Å². The number of hydrogen-bond acceptors (Lipinski definition) is 4. The second kappa shape index (κ2) is 6.26. The summed E-state index contributed by atoms with van der Waals surface area (Å²) in [6.07, 6.45) is 2.67. The molecule has 0 spiro atoms. The molecular weight excluding hydrogens is 290 g/mol. The molecule has 2 fully saturated rings. The van der Waals surface area contributed by atoms with Gasteiger partial charge in [-0.1, -0.05) is 0 Å². The smallest absolute Gasteiger partial charge is 0.265 e. The van der Waals surface area contributed by atoms with Gasteiger partial charge in [0.2, 0.25) is 5.91 Å². The van der Waals surface area contributed by atoms with Crippen molar-refractivity contribution in [1.82, 2.24) is 15.8 Å². The lowest BCUT2D eigenvalue weighted by atomic mass is 9.68. The van der Waals surface area contributed by atoms with Gasteiger partial charge < -0.3 is 5.73 Å². The number of hydrazine groups is 1. The maximum Gasteiger partial charge on any atom is 0.265 e. The Balaban J connectivity index is 1.80. The first-order chi connectivity index (χ1) is 10.6. The maximum absolute atomic E-state index is 12.8. The van der Waals surface area contributed by atoms with Crippen LogP contribution in [0.5, 0.6) is 0 Å². The molecule has 22 heavy (non-hydrogen) atoms. The highest BCUT2D eigenvalue weighted by atomic mass is 19.3. The van der Waals surface area contributed by atoms with Crippen molar-refractivity contribution in [3.63, 3.8) is 0 Å². The fourth-order valence-electron chi connectivity index (χ4n) is 3.69. The Bertz CT molecular complexity index is 554. The Morgan fingerprint density at radius 1 is 1.36 bits per heavy atom. The number of aromatic nitrogens is 1. The molecule has 2 aliphatic rings. The van der Waals surface area contributed by atoms with Crippen LogP contribution in [-0.4, -0.2) is 23.5 Å². The SMILES string of the molecule is NCC1NNC(=O)C2CCC(c3cncc(C(F)F)c3)CC12. The van der Waals surface area contributed by atoms with Crippen molar-refractivity contribution in [3.05, 3.63) is 29.6 Å². The summed E-state index contributed by atoms with van der Waals surface area (Å²) in [6.45, 7) is 0.434. The van der Waals surface area contributed by atoms with Gasteiger partial charge in [-0.2, -0.15) is 0 Å². The summed E-state index contributed by atoms with van der Waals surface area (Å²) in [5.74, 6) is 0.242. The van der Waals surface area contributed by atoms with Gasteiger partial charge >= 0.3 is 0 Å². The van der Waals surface area contributed by atoms with Gasteiger partial charge in [0, 0.05) is 36.5 Å². The van der Waals surface area contributed by atoms with Gasteiger partial charge in [0.1, 0.15) is 0 Å². The van der Waals surface area contributed by atoms with Crippen LogP contribution >= 0.6 is 0 Å². The Kier molecular flexibility index (Phi) is 4.35. The summed E-state index contributed by atoms with van der Waals surface area (Å²) in [6, 6.07) is 1.56. The highest BCUT2D eigenvalue weighted by Gasteiger charge is 2.42. The van der Waals surface area contributed by atoms with Gasteiger partial charge in [-0.05, 0) is 42.7 Å². The standard InChI is InChI=1S/C15H20F2N4O/c16-14(17)10-3-9(6-19-7-10)8-1-2-11-12(4-8)13(5-18)20-21-15(11)22/h3,6-8,11-14,20H,1-2,4-5,18H2,(H,21,22). The second-order valence-corrected chi connectivity index (χ2v) is 6.11. The van der Waals surface area contributed by atoms with E-state index < -0.39 is 6.43 Å². The normalized spacial score (nSPS) is 31.7. The maximum atomic E-state index is 12.8. The molecule has 4 N–H and O–H groups in total. The van der Waals surface area contributed by atoms with Crippen LogP contribution in [0.15, 0.2) is 18.5 Å². The zero-order valence-electron chi connectivity index (χ0n) is 12.1. The molecule has 1 aliphatic carbocycles. The predicted molar refractivity (Wildman–Crippen MR) is 76.9 cm³/mol. The summed E-state index contributed by atoms with van der Waals surface area (Å²) in [4.78, 5) is 15.9. The minimum Gasteiger partial charge on any atom is -0.329 e. The largest absolute Gasteiger partial charge is 0.329 e. The average Bonchev–Trinajstić information content (AvgIpc) is 2.55. The van der Waals surface area contributed by atoms with E-state index in [0.29, 0.717) is 6.54 Å². The molecule has 0 radical (unpaired) electrons. The number of carbonyl (C=O) groups excluding carboxylic acids is 1. The van der Waals surface area contributed by atoms with E-state index in [2.05, 4.69) is 15.8 Å². The van der Waals surface area contributed by atoms with Gasteiger partial charge in [0.25, 0.3) is 6.43 Å². The highest BCUT2D eigenvalue weighted by molar-refractivity contribution is 5.79. The highest BCUT2D eigenvalue weighted by Crippen LogP contribution is 2.42. The molecule has 3 rings (SSSR count). The monoisotopic (exact) mass is 310 g/mol. The number of nitrogens with two attached hydrogens (primary N) is 1. The molecule has 1 amide bonds. The van der Waals surface area contributed by atoms with Crippen molar-refractivity contribution in [1.29, 1.82) is 0 Å². The summed E-state index contributed by atoms with van der Waals surface area (Å²) in [5.41, 5.74) is 12.2. The minimum atomic E-state index is -2.51. The van der Waals surface area contributed by atoms with E-state index in [0.717, 1.165) is 24.8 Å². The van der Waals surface area contributed by atoms with E-state index in [1.807, 2.05) is 0 Å². The molecule has 0 bridgehead atoms. The lowest BCUT2D eigenvalue weighted by molar-refractivity contribution is -0.133. The number of nitrogens with zero attached hydrogens (tertiary/aromatic N) is 1. The number of halogens is 2. The molecule has 2 heterocycles. The summed E-state index contributed by atoms with van der Waals surface area (Å²) < 4.78 is 25.7. The molecule has 5 nitrogen and oxygen atoms in total. The lowest BCUT2D eigenvalue weighted by Gasteiger charge is -2.43. The van der Waals surface area contributed by atoms with Crippen molar-refractivity contribution >= 4 is 5.91 Å². The third-order valence-electron chi connectivity index (χ3n) is 4.89. The van der Waals surface area contributed by atoms with Crippen LogP contribution in [0.1, 0.15) is 42.7 Å². The van der Waals surface area contributed by atoms with Crippen LogP contribution in [0.2, 0.25) is 0 Å². The van der Waals surface area contributed by atoms with Gasteiger partial charge in [-0.25, -0.2) is 14.2 Å². The number of fused-ring (bicyclic) bond motifs is 1. The third-order valence-corrected chi connectivity index (χ3v) is 4.89. The quantitative estimate of drug-likeness (QED) is 0.790. The topological polar surface area (TPSA) is 80.0 Å². The first-order valence-corrected chi connectivity index (χ1v) is 7.58. The summed E-state index contributed by atoms with van der Waals surface area (Å²) in [5, 5.41) is 0. The molecule has 4 atom stereocenters. The Labute approximate surface area is 127 Å². The van der Waals surface area contributed by atoms with Gasteiger partial charge in [-0.3, -0.25) is 15.2 Å². The molecular formula is C15H20F2N4O. The van der Waals surface area contributed by atoms with Gasteiger partial charge in [-0.15, -0.1) is 0 Å². The fraction of sp³-hybridized carbons (Fsp3) is 0.600. The van der Waals surface area contributed by atoms with Gasteiger partial charge in [0.15, 0.2) is 0 Å². The van der Waals surface area contributed by atoms with Crippen LogP contribution < -0.4 is 16.6 Å². The minimum absolute atomic E-state index is 0.00704. The van der Waals surface area contributed by atoms with E-state index in [1.54, 1.807) is 6.20 Å². The van der Waals surface area contributed by atoms with Gasteiger partial charge in [0.05, 0.1) is 0 Å². The zero-order chi connectivity index (χ0) is 15.7. The number of hydrogen-bond donors (Lipinski definition) is 3. The Hall–Kier alpha value is -1.60. The number of amides is 1. The number of carbonyl (C=O) groups is 1. The molecule has 1 aromatic rings. The molecule has 0 aromatic carbocycles. The van der Waals surface area contributed by atoms with E-state index in [1.165, 1.54) is 12.3 Å². The Morgan fingerprint density at radius 2 is 2.18 bits per heavy atom.